The quantitative estimate of drug-likeness (QED) is 0.747. The van der Waals surface area contributed by atoms with Gasteiger partial charge in [-0.2, -0.15) is 0 Å². The van der Waals surface area contributed by atoms with Gasteiger partial charge in [0.1, 0.15) is 5.82 Å². The molecule has 0 heterocycles. The van der Waals surface area contributed by atoms with Crippen LogP contribution in [0.3, 0.4) is 0 Å². The Kier molecular flexibility index (Phi) is 5.94. The van der Waals surface area contributed by atoms with Crippen molar-refractivity contribution in [3.8, 4) is 0 Å². The first-order valence-electron chi connectivity index (χ1n) is 8.39. The van der Waals surface area contributed by atoms with E-state index in [1.807, 2.05) is 13.8 Å². The van der Waals surface area contributed by atoms with Gasteiger partial charge in [-0.3, -0.25) is 9.59 Å². The number of anilines is 1. The van der Waals surface area contributed by atoms with Crippen LogP contribution in [0.25, 0.3) is 0 Å². The zero-order chi connectivity index (χ0) is 17.7. The van der Waals surface area contributed by atoms with Gasteiger partial charge in [-0.05, 0) is 37.0 Å². The van der Waals surface area contributed by atoms with Gasteiger partial charge in [0.2, 0.25) is 5.91 Å². The Hall–Kier alpha value is -1.95. The molecule has 0 atom stereocenters. The Labute approximate surface area is 141 Å². The number of halogens is 1. The molecule has 5 nitrogen and oxygen atoms in total. The lowest BCUT2D eigenvalue weighted by molar-refractivity contribution is -0.116. The van der Waals surface area contributed by atoms with E-state index in [0.717, 1.165) is 18.9 Å². The van der Waals surface area contributed by atoms with Gasteiger partial charge in [0, 0.05) is 18.5 Å². The van der Waals surface area contributed by atoms with Gasteiger partial charge in [-0.15, -0.1) is 0 Å². The maximum atomic E-state index is 14.1. The van der Waals surface area contributed by atoms with E-state index >= 15 is 0 Å². The molecule has 2 amide bonds. The number of carbonyl (C=O) groups excluding carboxylic acids is 2. The molecule has 6 heteroatoms. The highest BCUT2D eigenvalue weighted by Crippen LogP contribution is 2.28. The average Bonchev–Trinajstić information content (AvgIpc) is 2.93. The summed E-state index contributed by atoms with van der Waals surface area (Å²) in [5.74, 6) is -1.17. The second-order valence-electron chi connectivity index (χ2n) is 6.95. The molecule has 2 rings (SSSR count). The summed E-state index contributed by atoms with van der Waals surface area (Å²) in [6, 6.07) is 3.94. The molecule has 1 saturated carbocycles. The molecule has 1 aromatic rings. The van der Waals surface area contributed by atoms with Gasteiger partial charge in [0.25, 0.3) is 5.91 Å². The highest BCUT2D eigenvalue weighted by atomic mass is 19.1. The van der Waals surface area contributed by atoms with E-state index in [0.29, 0.717) is 19.3 Å². The van der Waals surface area contributed by atoms with E-state index in [2.05, 4.69) is 10.6 Å². The van der Waals surface area contributed by atoms with Crippen LogP contribution in [-0.2, 0) is 4.79 Å². The summed E-state index contributed by atoms with van der Waals surface area (Å²) < 4.78 is 14.1. The molecule has 3 N–H and O–H groups in total. The molecule has 0 aromatic heterocycles. The molecule has 132 valence electrons. The number of hydrogen-bond acceptors (Lipinski definition) is 3. The molecule has 0 bridgehead atoms. The lowest BCUT2D eigenvalue weighted by Gasteiger charge is -2.22. The maximum Gasteiger partial charge on any atom is 0.251 e. The van der Waals surface area contributed by atoms with Crippen LogP contribution in [-0.4, -0.2) is 29.1 Å². The molecule has 1 aromatic carbocycles. The summed E-state index contributed by atoms with van der Waals surface area (Å²) in [6.07, 6.45) is 3.54. The highest BCUT2D eigenvalue weighted by Gasteiger charge is 2.31. The van der Waals surface area contributed by atoms with E-state index in [4.69, 9.17) is 0 Å². The zero-order valence-electron chi connectivity index (χ0n) is 14.2. The van der Waals surface area contributed by atoms with E-state index in [1.165, 1.54) is 12.1 Å². The molecule has 0 spiro atoms. The zero-order valence-corrected chi connectivity index (χ0v) is 14.2. The van der Waals surface area contributed by atoms with Crippen LogP contribution in [0.15, 0.2) is 18.2 Å². The molecule has 1 fully saturated rings. The summed E-state index contributed by atoms with van der Waals surface area (Å²) in [6.45, 7) is 3.98. The number of amides is 2. The third kappa shape index (κ3) is 5.03. The fourth-order valence-electron chi connectivity index (χ4n) is 2.89. The van der Waals surface area contributed by atoms with Crippen molar-refractivity contribution in [2.75, 3.05) is 11.9 Å². The standard InChI is InChI=1S/C18H25FN2O3/c1-12(2)9-16(22)21-15-6-5-13(10-14(15)19)17(23)20-11-18(24)7-3-4-8-18/h5-6,10,12,24H,3-4,7-9,11H2,1-2H3,(H,20,23)(H,21,22). The smallest absolute Gasteiger partial charge is 0.251 e. The predicted octanol–water partition coefficient (Wildman–Crippen LogP) is 2.85. The van der Waals surface area contributed by atoms with E-state index in [-0.39, 0.29) is 29.6 Å². The summed E-state index contributed by atoms with van der Waals surface area (Å²) >= 11 is 0. The second kappa shape index (κ2) is 7.75. The Balaban J connectivity index is 1.95. The van der Waals surface area contributed by atoms with Crippen LogP contribution in [0.5, 0.6) is 0 Å². The van der Waals surface area contributed by atoms with Crippen molar-refractivity contribution in [1.29, 1.82) is 0 Å². The number of hydrogen-bond donors (Lipinski definition) is 3. The minimum absolute atomic E-state index is 0.0617. The van der Waals surface area contributed by atoms with Gasteiger partial charge in [-0.1, -0.05) is 26.7 Å². The predicted molar refractivity (Wildman–Crippen MR) is 90.2 cm³/mol. The second-order valence-corrected chi connectivity index (χ2v) is 6.95. The summed E-state index contributed by atoms with van der Waals surface area (Å²) in [5, 5.41) is 15.4. The molecule has 0 saturated heterocycles. The van der Waals surface area contributed by atoms with E-state index in [9.17, 15) is 19.1 Å². The summed E-state index contributed by atoms with van der Waals surface area (Å²) in [4.78, 5) is 23.8. The largest absolute Gasteiger partial charge is 0.388 e. The number of rotatable bonds is 6. The van der Waals surface area contributed by atoms with Gasteiger partial charge < -0.3 is 15.7 Å². The van der Waals surface area contributed by atoms with Crippen molar-refractivity contribution in [2.24, 2.45) is 5.92 Å². The van der Waals surface area contributed by atoms with Crippen molar-refractivity contribution in [2.45, 2.75) is 51.6 Å². The highest BCUT2D eigenvalue weighted by molar-refractivity contribution is 5.96. The molecule has 24 heavy (non-hydrogen) atoms. The molecule has 1 aliphatic rings. The molecular formula is C18H25FN2O3. The first-order chi connectivity index (χ1) is 11.3. The Morgan fingerprint density at radius 2 is 1.96 bits per heavy atom. The van der Waals surface area contributed by atoms with Crippen molar-refractivity contribution in [1.82, 2.24) is 5.32 Å². The van der Waals surface area contributed by atoms with Gasteiger partial charge in [0.15, 0.2) is 0 Å². The van der Waals surface area contributed by atoms with Gasteiger partial charge in [-0.25, -0.2) is 4.39 Å². The number of carbonyl (C=O) groups is 2. The monoisotopic (exact) mass is 336 g/mol. The number of nitrogens with one attached hydrogen (secondary N) is 2. The van der Waals surface area contributed by atoms with Crippen molar-refractivity contribution in [3.63, 3.8) is 0 Å². The van der Waals surface area contributed by atoms with Crippen LogP contribution < -0.4 is 10.6 Å². The number of benzene rings is 1. The maximum absolute atomic E-state index is 14.1. The van der Waals surface area contributed by atoms with E-state index < -0.39 is 17.3 Å². The van der Waals surface area contributed by atoms with Crippen LogP contribution >= 0.6 is 0 Å². The van der Waals surface area contributed by atoms with Gasteiger partial charge in [0.05, 0.1) is 11.3 Å². The molecular weight excluding hydrogens is 311 g/mol. The van der Waals surface area contributed by atoms with E-state index in [1.54, 1.807) is 0 Å². The van der Waals surface area contributed by atoms with Crippen LogP contribution in [0, 0.1) is 11.7 Å². The first kappa shape index (κ1) is 18.4. The first-order valence-corrected chi connectivity index (χ1v) is 8.39. The van der Waals surface area contributed by atoms with Crippen LogP contribution in [0.1, 0.15) is 56.3 Å². The lowest BCUT2D eigenvalue weighted by Crippen LogP contribution is -2.40. The molecule has 0 unspecified atom stereocenters. The fourth-order valence-corrected chi connectivity index (χ4v) is 2.89. The fraction of sp³-hybridized carbons (Fsp3) is 0.556. The Morgan fingerprint density at radius 3 is 2.54 bits per heavy atom. The average molecular weight is 336 g/mol. The normalized spacial score (nSPS) is 16.2. The summed E-state index contributed by atoms with van der Waals surface area (Å²) in [5.41, 5.74) is -0.624. The van der Waals surface area contributed by atoms with Crippen LogP contribution in [0.2, 0.25) is 0 Å². The van der Waals surface area contributed by atoms with Crippen molar-refractivity contribution in [3.05, 3.63) is 29.6 Å². The van der Waals surface area contributed by atoms with Crippen molar-refractivity contribution < 1.29 is 19.1 Å². The third-order valence-corrected chi connectivity index (χ3v) is 4.21. The summed E-state index contributed by atoms with van der Waals surface area (Å²) in [7, 11) is 0. The Bertz CT molecular complexity index is 610. The molecule has 0 radical (unpaired) electrons. The minimum Gasteiger partial charge on any atom is -0.388 e. The van der Waals surface area contributed by atoms with Gasteiger partial charge >= 0.3 is 0 Å². The van der Waals surface area contributed by atoms with Crippen molar-refractivity contribution >= 4 is 17.5 Å². The minimum atomic E-state index is -0.848. The lowest BCUT2D eigenvalue weighted by atomic mass is 10.0. The van der Waals surface area contributed by atoms with Crippen LogP contribution in [0.4, 0.5) is 10.1 Å². The third-order valence-electron chi connectivity index (χ3n) is 4.21. The Morgan fingerprint density at radius 1 is 1.29 bits per heavy atom. The molecule has 1 aliphatic carbocycles. The SMILES string of the molecule is CC(C)CC(=O)Nc1ccc(C(=O)NCC2(O)CCCC2)cc1F. The molecule has 0 aliphatic heterocycles. The topological polar surface area (TPSA) is 78.4 Å². The number of aliphatic hydroxyl groups is 1.